The van der Waals surface area contributed by atoms with Gasteiger partial charge in [-0.25, -0.2) is 9.67 Å². The van der Waals surface area contributed by atoms with E-state index in [0.717, 1.165) is 27.2 Å². The van der Waals surface area contributed by atoms with Gasteiger partial charge in [-0.1, -0.05) is 18.2 Å². The second-order valence-corrected chi connectivity index (χ2v) is 6.28. The molecule has 3 rings (SSSR count). The lowest BCUT2D eigenvalue weighted by atomic mass is 10.1. The van der Waals surface area contributed by atoms with Crippen LogP contribution in [0.2, 0.25) is 0 Å². The van der Waals surface area contributed by atoms with Gasteiger partial charge in [0.05, 0.1) is 17.9 Å². The van der Waals surface area contributed by atoms with E-state index < -0.39 is 6.55 Å². The third kappa shape index (κ3) is 5.52. The predicted octanol–water partition coefficient (Wildman–Crippen LogP) is 3.56. The van der Waals surface area contributed by atoms with Crippen LogP contribution in [0.5, 0.6) is 0 Å². The highest BCUT2D eigenvalue weighted by Crippen LogP contribution is 2.17. The molecule has 29 heavy (non-hydrogen) atoms. The summed E-state index contributed by atoms with van der Waals surface area (Å²) in [5.41, 5.74) is 4.01. The van der Waals surface area contributed by atoms with Crippen LogP contribution in [0.4, 0.5) is 8.78 Å². The summed E-state index contributed by atoms with van der Waals surface area (Å²) >= 11 is 0. The van der Waals surface area contributed by atoms with Gasteiger partial charge in [0, 0.05) is 31.7 Å². The van der Waals surface area contributed by atoms with Gasteiger partial charge in [0.15, 0.2) is 5.96 Å². The van der Waals surface area contributed by atoms with Gasteiger partial charge in [-0.05, 0) is 31.5 Å². The van der Waals surface area contributed by atoms with Crippen LogP contribution in [-0.2, 0) is 13.1 Å². The monoisotopic (exact) mass is 515 g/mol. The van der Waals surface area contributed by atoms with Crippen LogP contribution < -0.4 is 10.6 Å². The Bertz CT molecular complexity index is 965. The molecule has 0 aliphatic carbocycles. The first-order valence-corrected chi connectivity index (χ1v) is 8.85. The molecule has 0 amide bonds. The molecule has 0 aliphatic heterocycles. The van der Waals surface area contributed by atoms with Crippen molar-refractivity contribution < 1.29 is 8.78 Å². The molecule has 1 aromatic carbocycles. The maximum Gasteiger partial charge on any atom is 0.319 e. The van der Waals surface area contributed by atoms with Gasteiger partial charge in [-0.2, -0.15) is 13.9 Å². The molecule has 0 fully saturated rings. The summed E-state index contributed by atoms with van der Waals surface area (Å²) in [7, 11) is 1.63. The van der Waals surface area contributed by atoms with Crippen LogP contribution in [0.15, 0.2) is 47.7 Å². The summed E-state index contributed by atoms with van der Waals surface area (Å²) in [5, 5.41) is 10.8. The molecule has 3 aromatic rings. The van der Waals surface area contributed by atoms with Crippen molar-refractivity contribution in [2.75, 3.05) is 7.05 Å². The van der Waals surface area contributed by atoms with Crippen molar-refractivity contribution in [2.45, 2.75) is 33.5 Å². The first-order valence-electron chi connectivity index (χ1n) is 8.85. The van der Waals surface area contributed by atoms with Crippen LogP contribution in [-0.4, -0.2) is 32.3 Å². The summed E-state index contributed by atoms with van der Waals surface area (Å²) in [6.45, 7) is 1.98. The van der Waals surface area contributed by atoms with Gasteiger partial charge in [-0.3, -0.25) is 9.56 Å². The van der Waals surface area contributed by atoms with E-state index in [1.807, 2.05) is 48.9 Å². The summed E-state index contributed by atoms with van der Waals surface area (Å²) in [4.78, 5) is 8.10. The lowest BCUT2D eigenvalue weighted by Gasteiger charge is -2.15. The van der Waals surface area contributed by atoms with E-state index in [1.165, 1.54) is 12.4 Å². The zero-order valence-electron chi connectivity index (χ0n) is 16.4. The molecule has 0 saturated carbocycles. The van der Waals surface area contributed by atoms with Gasteiger partial charge in [-0.15, -0.1) is 24.0 Å². The number of aliphatic imine (C=N–C) groups is 1. The standard InChI is InChI=1S/C19H23F2N7.HI/c1-13-10-14(2)28(26-13)16-7-5-4-6-15(16)11-24-19(22-3)25-12-17-23-8-9-27(17)18(20)21;/h4-10,18H,11-12H2,1-3H3,(H2,22,24,25);1H. The predicted molar refractivity (Wildman–Crippen MR) is 119 cm³/mol. The molecular formula is C19H24F2IN7. The topological polar surface area (TPSA) is 72.1 Å². The van der Waals surface area contributed by atoms with Crippen molar-refractivity contribution in [1.82, 2.24) is 30.0 Å². The molecule has 2 heterocycles. The lowest BCUT2D eigenvalue weighted by molar-refractivity contribution is 0.0668. The fraction of sp³-hybridized carbons (Fsp3) is 0.316. The van der Waals surface area contributed by atoms with Crippen molar-refractivity contribution in [3.05, 3.63) is 65.5 Å². The second-order valence-electron chi connectivity index (χ2n) is 6.28. The Morgan fingerprint density at radius 1 is 1.17 bits per heavy atom. The van der Waals surface area contributed by atoms with Crippen LogP contribution in [0.1, 0.15) is 29.3 Å². The lowest BCUT2D eigenvalue weighted by Crippen LogP contribution is -2.37. The van der Waals surface area contributed by atoms with Crippen molar-refractivity contribution in [3.63, 3.8) is 0 Å². The fourth-order valence-electron chi connectivity index (χ4n) is 2.96. The largest absolute Gasteiger partial charge is 0.352 e. The first kappa shape index (κ1) is 22.8. The average molecular weight is 515 g/mol. The van der Waals surface area contributed by atoms with Gasteiger partial charge in [0.1, 0.15) is 5.82 Å². The number of hydrogen-bond donors (Lipinski definition) is 2. The number of nitrogens with one attached hydrogen (secondary N) is 2. The first-order chi connectivity index (χ1) is 13.5. The van der Waals surface area contributed by atoms with E-state index in [0.29, 0.717) is 12.5 Å². The van der Waals surface area contributed by atoms with Gasteiger partial charge in [0.2, 0.25) is 0 Å². The van der Waals surface area contributed by atoms with Gasteiger partial charge >= 0.3 is 6.55 Å². The molecule has 7 nitrogen and oxygen atoms in total. The van der Waals surface area contributed by atoms with Crippen LogP contribution in [0.3, 0.4) is 0 Å². The van der Waals surface area contributed by atoms with Crippen molar-refractivity contribution in [3.8, 4) is 5.69 Å². The van der Waals surface area contributed by atoms with E-state index in [4.69, 9.17) is 0 Å². The Kier molecular flexibility index (Phi) is 8.11. The van der Waals surface area contributed by atoms with Crippen LogP contribution >= 0.6 is 24.0 Å². The maximum atomic E-state index is 12.9. The molecule has 156 valence electrons. The molecule has 0 bridgehead atoms. The van der Waals surface area contributed by atoms with Crippen molar-refractivity contribution >= 4 is 29.9 Å². The summed E-state index contributed by atoms with van der Waals surface area (Å²) in [6, 6.07) is 9.96. The molecule has 0 atom stereocenters. The van der Waals surface area contributed by atoms with Crippen LogP contribution in [0, 0.1) is 13.8 Å². The average Bonchev–Trinajstić information content (AvgIpc) is 3.28. The minimum Gasteiger partial charge on any atom is -0.352 e. The molecule has 0 saturated heterocycles. The maximum absolute atomic E-state index is 12.9. The number of benzene rings is 1. The van der Waals surface area contributed by atoms with E-state index in [-0.39, 0.29) is 36.3 Å². The van der Waals surface area contributed by atoms with Gasteiger partial charge in [0.25, 0.3) is 0 Å². The molecule has 2 N–H and O–H groups in total. The summed E-state index contributed by atoms with van der Waals surface area (Å²) in [5.74, 6) is 0.730. The quantitative estimate of drug-likeness (QED) is 0.299. The number of rotatable bonds is 6. The smallest absolute Gasteiger partial charge is 0.319 e. The fourth-order valence-corrected chi connectivity index (χ4v) is 2.96. The molecule has 0 radical (unpaired) electrons. The molecule has 10 heteroatoms. The molecular weight excluding hydrogens is 491 g/mol. The van der Waals surface area contributed by atoms with E-state index >= 15 is 0 Å². The normalized spacial score (nSPS) is 11.4. The third-order valence-corrected chi connectivity index (χ3v) is 4.27. The number of imidazole rings is 1. The number of nitrogens with zero attached hydrogens (tertiary/aromatic N) is 5. The van der Waals surface area contributed by atoms with E-state index in [9.17, 15) is 8.78 Å². The molecule has 0 spiro atoms. The zero-order chi connectivity index (χ0) is 20.1. The number of alkyl halides is 2. The zero-order valence-corrected chi connectivity index (χ0v) is 18.8. The highest BCUT2D eigenvalue weighted by molar-refractivity contribution is 14.0. The highest BCUT2D eigenvalue weighted by atomic mass is 127. The van der Waals surface area contributed by atoms with Crippen LogP contribution in [0.25, 0.3) is 5.69 Å². The molecule has 2 aromatic heterocycles. The number of aryl methyl sites for hydroxylation is 2. The Labute approximate surface area is 185 Å². The summed E-state index contributed by atoms with van der Waals surface area (Å²) in [6.07, 6.45) is 2.60. The third-order valence-electron chi connectivity index (χ3n) is 4.27. The Morgan fingerprint density at radius 2 is 1.90 bits per heavy atom. The SMILES string of the molecule is CN=C(NCc1ccccc1-n1nc(C)cc1C)NCc1nccn1C(F)F.I. The molecule has 0 unspecified atom stereocenters. The van der Waals surface area contributed by atoms with Crippen molar-refractivity contribution in [2.24, 2.45) is 4.99 Å². The number of hydrogen-bond acceptors (Lipinski definition) is 3. The minimum absolute atomic E-state index is 0. The Balaban J connectivity index is 0.00000300. The van der Waals surface area contributed by atoms with E-state index in [1.54, 1.807) is 7.05 Å². The number of halogens is 3. The Morgan fingerprint density at radius 3 is 2.55 bits per heavy atom. The highest BCUT2D eigenvalue weighted by Gasteiger charge is 2.12. The minimum atomic E-state index is -2.62. The second kappa shape index (κ2) is 10.3. The summed E-state index contributed by atoms with van der Waals surface area (Å²) < 4.78 is 28.6. The van der Waals surface area contributed by atoms with E-state index in [2.05, 4.69) is 25.7 Å². The number of aromatic nitrogens is 4. The van der Waals surface area contributed by atoms with Crippen molar-refractivity contribution in [1.29, 1.82) is 0 Å². The molecule has 0 aliphatic rings. The number of para-hydroxylation sites is 1. The van der Waals surface area contributed by atoms with Gasteiger partial charge < -0.3 is 10.6 Å². The number of guanidine groups is 1. The Hall–Kier alpha value is -2.50.